The van der Waals surface area contributed by atoms with Crippen LogP contribution in [0.25, 0.3) is 0 Å². The second-order valence-corrected chi connectivity index (χ2v) is 10.8. The molecular weight excluding hydrogens is 460 g/mol. The maximum atomic E-state index is 13.1. The number of benzene rings is 3. The average molecular weight is 495 g/mol. The van der Waals surface area contributed by atoms with E-state index in [0.29, 0.717) is 23.5 Å². The zero-order valence-corrected chi connectivity index (χ0v) is 21.6. The Morgan fingerprint density at radius 2 is 1.71 bits per heavy atom. The van der Waals surface area contributed by atoms with Crippen molar-refractivity contribution < 1.29 is 17.9 Å². The van der Waals surface area contributed by atoms with E-state index < -0.39 is 10.0 Å². The van der Waals surface area contributed by atoms with Crippen LogP contribution in [0.1, 0.15) is 47.3 Å². The maximum Gasteiger partial charge on any atom is 0.251 e. The summed E-state index contributed by atoms with van der Waals surface area (Å²) in [6.07, 6.45) is 1.69. The van der Waals surface area contributed by atoms with Gasteiger partial charge in [0.05, 0.1) is 11.5 Å². The van der Waals surface area contributed by atoms with Gasteiger partial charge in [0.25, 0.3) is 5.91 Å². The van der Waals surface area contributed by atoms with E-state index in [1.807, 2.05) is 39.0 Å². The van der Waals surface area contributed by atoms with Crippen LogP contribution in [0.2, 0.25) is 0 Å². The predicted molar refractivity (Wildman–Crippen MR) is 139 cm³/mol. The number of nitrogens with one attached hydrogen (secondary N) is 1. The van der Waals surface area contributed by atoms with Gasteiger partial charge in [0.1, 0.15) is 5.75 Å². The quantitative estimate of drug-likeness (QED) is 0.409. The molecular formula is C28H34N2O4S. The molecule has 6 nitrogen and oxygen atoms in total. The van der Waals surface area contributed by atoms with Crippen molar-refractivity contribution in [2.45, 2.75) is 51.1 Å². The molecule has 0 fully saturated rings. The van der Waals surface area contributed by atoms with Crippen molar-refractivity contribution in [1.82, 2.24) is 9.62 Å². The molecule has 0 aliphatic heterocycles. The van der Waals surface area contributed by atoms with Gasteiger partial charge in [0.15, 0.2) is 0 Å². The number of ether oxygens (including phenoxy) is 1. The summed E-state index contributed by atoms with van der Waals surface area (Å²) in [6, 6.07) is 22.1. The van der Waals surface area contributed by atoms with Gasteiger partial charge in [0, 0.05) is 30.8 Å². The Morgan fingerprint density at radius 1 is 1.03 bits per heavy atom. The molecule has 0 aliphatic carbocycles. The van der Waals surface area contributed by atoms with Gasteiger partial charge in [-0.1, -0.05) is 48.0 Å². The molecule has 0 bridgehead atoms. The van der Waals surface area contributed by atoms with Crippen molar-refractivity contribution in [2.75, 3.05) is 13.7 Å². The summed E-state index contributed by atoms with van der Waals surface area (Å²) >= 11 is 0. The standard InChI is InChI=1S/C28H34N2O4S/c1-5-34-27-18-15-24(28(31)29-22(3)13-14-23-9-7-6-8-10-23)19-25(27)20-30(4)35(32,33)26-16-11-21(2)12-17-26/h6-12,15-19,22H,5,13-14,20H2,1-4H3,(H,29,31)/t22-/m0/s1. The van der Waals surface area contributed by atoms with Crippen molar-refractivity contribution in [1.29, 1.82) is 0 Å². The number of amides is 1. The van der Waals surface area contributed by atoms with E-state index >= 15 is 0 Å². The molecule has 0 saturated carbocycles. The number of sulfonamides is 1. The Morgan fingerprint density at radius 3 is 2.37 bits per heavy atom. The predicted octanol–water partition coefficient (Wildman–Crippen LogP) is 4.97. The van der Waals surface area contributed by atoms with E-state index in [-0.39, 0.29) is 23.4 Å². The summed E-state index contributed by atoms with van der Waals surface area (Å²) in [7, 11) is -2.16. The van der Waals surface area contributed by atoms with Crippen molar-refractivity contribution >= 4 is 15.9 Å². The van der Waals surface area contributed by atoms with Crippen LogP contribution in [-0.2, 0) is 23.0 Å². The second-order valence-electron chi connectivity index (χ2n) is 8.73. The molecule has 7 heteroatoms. The molecule has 186 valence electrons. The second kappa shape index (κ2) is 12.0. The van der Waals surface area contributed by atoms with E-state index in [1.54, 1.807) is 42.5 Å². The monoisotopic (exact) mass is 494 g/mol. The fourth-order valence-corrected chi connectivity index (χ4v) is 4.91. The number of rotatable bonds is 11. The van der Waals surface area contributed by atoms with E-state index in [2.05, 4.69) is 17.4 Å². The maximum absolute atomic E-state index is 13.1. The number of carbonyl (C=O) groups is 1. The first kappa shape index (κ1) is 26.4. The van der Waals surface area contributed by atoms with Gasteiger partial charge in [-0.15, -0.1) is 0 Å². The van der Waals surface area contributed by atoms with E-state index in [0.717, 1.165) is 18.4 Å². The van der Waals surface area contributed by atoms with Gasteiger partial charge in [-0.2, -0.15) is 4.31 Å². The van der Waals surface area contributed by atoms with E-state index in [4.69, 9.17) is 4.74 Å². The number of hydrogen-bond donors (Lipinski definition) is 1. The highest BCUT2D eigenvalue weighted by atomic mass is 32.2. The molecule has 0 saturated heterocycles. The fraction of sp³-hybridized carbons (Fsp3) is 0.321. The molecule has 0 radical (unpaired) electrons. The highest BCUT2D eigenvalue weighted by Gasteiger charge is 2.23. The smallest absolute Gasteiger partial charge is 0.251 e. The van der Waals surface area contributed by atoms with Crippen LogP contribution in [0, 0.1) is 6.92 Å². The van der Waals surface area contributed by atoms with Crippen molar-refractivity contribution in [3.8, 4) is 5.75 Å². The third-order valence-electron chi connectivity index (χ3n) is 5.83. The molecule has 3 aromatic carbocycles. The molecule has 1 N–H and O–H groups in total. The lowest BCUT2D eigenvalue weighted by molar-refractivity contribution is 0.0938. The number of nitrogens with zero attached hydrogens (tertiary/aromatic N) is 1. The van der Waals surface area contributed by atoms with Crippen LogP contribution >= 0.6 is 0 Å². The summed E-state index contributed by atoms with van der Waals surface area (Å²) in [6.45, 7) is 6.27. The molecule has 35 heavy (non-hydrogen) atoms. The first-order chi connectivity index (χ1) is 16.7. The van der Waals surface area contributed by atoms with Crippen molar-refractivity contribution in [3.05, 3.63) is 95.1 Å². The molecule has 1 amide bonds. The van der Waals surface area contributed by atoms with Gasteiger partial charge < -0.3 is 10.1 Å². The number of carbonyl (C=O) groups excluding carboxylic acids is 1. The number of aryl methyl sites for hydroxylation is 2. The summed E-state index contributed by atoms with van der Waals surface area (Å²) in [4.78, 5) is 13.2. The molecule has 0 aliphatic rings. The van der Waals surface area contributed by atoms with Gasteiger partial charge in [-0.25, -0.2) is 8.42 Å². The lowest BCUT2D eigenvalue weighted by Gasteiger charge is -2.20. The normalized spacial score (nSPS) is 12.4. The third kappa shape index (κ3) is 7.16. The number of hydrogen-bond acceptors (Lipinski definition) is 4. The zero-order chi connectivity index (χ0) is 25.4. The lowest BCUT2D eigenvalue weighted by atomic mass is 10.1. The SMILES string of the molecule is CCOc1ccc(C(=O)N[C@@H](C)CCc2ccccc2)cc1CN(C)S(=O)(=O)c1ccc(C)cc1. The minimum absolute atomic E-state index is 0.0117. The van der Waals surface area contributed by atoms with Crippen LogP contribution in [0.3, 0.4) is 0 Å². The van der Waals surface area contributed by atoms with Gasteiger partial charge in [0.2, 0.25) is 10.0 Å². The van der Waals surface area contributed by atoms with Crippen LogP contribution in [-0.4, -0.2) is 38.3 Å². The largest absolute Gasteiger partial charge is 0.494 e. The van der Waals surface area contributed by atoms with Gasteiger partial charge >= 0.3 is 0 Å². The summed E-state index contributed by atoms with van der Waals surface area (Å²) in [5.74, 6) is 0.367. The lowest BCUT2D eigenvalue weighted by Crippen LogP contribution is -2.33. The third-order valence-corrected chi connectivity index (χ3v) is 7.65. The molecule has 3 rings (SSSR count). The molecule has 0 spiro atoms. The van der Waals surface area contributed by atoms with Gasteiger partial charge in [-0.05, 0) is 69.5 Å². The molecule has 0 heterocycles. The zero-order valence-electron chi connectivity index (χ0n) is 20.8. The van der Waals surface area contributed by atoms with Crippen LogP contribution in [0.5, 0.6) is 5.75 Å². The van der Waals surface area contributed by atoms with Crippen LogP contribution in [0.15, 0.2) is 77.7 Å². The summed E-state index contributed by atoms with van der Waals surface area (Å²) in [5, 5.41) is 3.05. The average Bonchev–Trinajstić information content (AvgIpc) is 2.84. The molecule has 1 atom stereocenters. The molecule has 3 aromatic rings. The van der Waals surface area contributed by atoms with Crippen molar-refractivity contribution in [2.24, 2.45) is 0 Å². The first-order valence-corrected chi connectivity index (χ1v) is 13.3. The van der Waals surface area contributed by atoms with Gasteiger partial charge in [-0.3, -0.25) is 4.79 Å². The Bertz CT molecular complexity index is 1230. The Balaban J connectivity index is 1.73. The Kier molecular flexibility index (Phi) is 9.07. The minimum atomic E-state index is -3.69. The first-order valence-electron chi connectivity index (χ1n) is 11.8. The highest BCUT2D eigenvalue weighted by molar-refractivity contribution is 7.89. The summed E-state index contributed by atoms with van der Waals surface area (Å²) in [5.41, 5.74) is 3.32. The van der Waals surface area contributed by atoms with E-state index in [9.17, 15) is 13.2 Å². The minimum Gasteiger partial charge on any atom is -0.494 e. The fourth-order valence-electron chi connectivity index (χ4n) is 3.76. The summed E-state index contributed by atoms with van der Waals surface area (Å²) < 4.78 is 33.2. The molecule has 0 aromatic heterocycles. The topological polar surface area (TPSA) is 75.7 Å². The molecule has 0 unspecified atom stereocenters. The van der Waals surface area contributed by atoms with Crippen molar-refractivity contribution in [3.63, 3.8) is 0 Å². The highest BCUT2D eigenvalue weighted by Crippen LogP contribution is 2.25. The van der Waals surface area contributed by atoms with Crippen LogP contribution < -0.4 is 10.1 Å². The Labute approximate surface area is 209 Å². The van der Waals surface area contributed by atoms with E-state index in [1.165, 1.54) is 16.9 Å². The van der Waals surface area contributed by atoms with Crippen LogP contribution in [0.4, 0.5) is 0 Å². The Hall–Kier alpha value is -3.16.